The molecule has 0 bridgehead atoms. The first kappa shape index (κ1) is 13.0. The van der Waals surface area contributed by atoms with Gasteiger partial charge < -0.3 is 10.1 Å². The fraction of sp³-hybridized carbons (Fsp3) is 0.353. The van der Waals surface area contributed by atoms with Gasteiger partial charge >= 0.3 is 0 Å². The van der Waals surface area contributed by atoms with Crippen LogP contribution in [0.1, 0.15) is 35.7 Å². The number of para-hydroxylation sites is 1. The zero-order chi connectivity index (χ0) is 13.9. The largest absolute Gasteiger partial charge is 0.485 e. The Labute approximate surface area is 120 Å². The van der Waals surface area contributed by atoms with Gasteiger partial charge in [-0.05, 0) is 49.4 Å². The molecule has 1 N–H and O–H groups in total. The maximum absolute atomic E-state index is 6.08. The minimum atomic E-state index is 0.514. The van der Waals surface area contributed by atoms with Crippen molar-refractivity contribution in [3.63, 3.8) is 0 Å². The summed E-state index contributed by atoms with van der Waals surface area (Å²) < 4.78 is 6.08. The molecule has 3 rings (SSSR count). The normalized spacial score (nSPS) is 14.1. The molecular weight excluding hydrogens is 248 g/mol. The number of hydrogen-bond acceptors (Lipinski definition) is 3. The van der Waals surface area contributed by atoms with E-state index in [4.69, 9.17) is 4.74 Å². The molecule has 0 unspecified atom stereocenters. The van der Waals surface area contributed by atoms with Gasteiger partial charge in [0.25, 0.3) is 0 Å². The van der Waals surface area contributed by atoms with Crippen molar-refractivity contribution in [3.8, 4) is 5.75 Å². The number of aryl methyl sites for hydroxylation is 1. The van der Waals surface area contributed by atoms with Crippen LogP contribution in [0, 0.1) is 6.92 Å². The first-order valence-electron chi connectivity index (χ1n) is 7.14. The third-order valence-corrected chi connectivity index (χ3v) is 3.64. The van der Waals surface area contributed by atoms with E-state index in [-0.39, 0.29) is 0 Å². The maximum Gasteiger partial charge on any atom is 0.146 e. The number of nitrogens with one attached hydrogen (secondary N) is 1. The van der Waals surface area contributed by atoms with Gasteiger partial charge in [-0.15, -0.1) is 0 Å². The Hall–Kier alpha value is -2.03. The number of benzene rings is 1. The number of aromatic nitrogens is 1. The molecule has 2 aromatic rings. The molecule has 1 saturated carbocycles. The van der Waals surface area contributed by atoms with Gasteiger partial charge in [-0.3, -0.25) is 4.98 Å². The molecular formula is C17H20N2O. The van der Waals surface area contributed by atoms with Crippen molar-refractivity contribution >= 4 is 5.69 Å². The maximum atomic E-state index is 6.08. The van der Waals surface area contributed by atoms with Crippen LogP contribution in [0.15, 0.2) is 36.4 Å². The second-order valence-electron chi connectivity index (χ2n) is 5.31. The van der Waals surface area contributed by atoms with Crippen LogP contribution in [0.3, 0.4) is 0 Å². The monoisotopic (exact) mass is 268 g/mol. The van der Waals surface area contributed by atoms with Crippen molar-refractivity contribution in [3.05, 3.63) is 53.3 Å². The van der Waals surface area contributed by atoms with Crippen LogP contribution in [0.2, 0.25) is 0 Å². The lowest BCUT2D eigenvalue weighted by molar-refractivity contribution is 0.299. The zero-order valence-corrected chi connectivity index (χ0v) is 12.0. The Balaban J connectivity index is 1.82. The van der Waals surface area contributed by atoms with Crippen LogP contribution in [0.25, 0.3) is 0 Å². The van der Waals surface area contributed by atoms with Gasteiger partial charge in [-0.25, -0.2) is 0 Å². The van der Waals surface area contributed by atoms with E-state index in [9.17, 15) is 0 Å². The van der Waals surface area contributed by atoms with E-state index in [1.165, 1.54) is 18.4 Å². The van der Waals surface area contributed by atoms with Crippen LogP contribution in [-0.2, 0) is 6.61 Å². The van der Waals surface area contributed by atoms with Gasteiger partial charge in [0.15, 0.2) is 0 Å². The predicted octanol–water partition coefficient (Wildman–Crippen LogP) is 3.89. The van der Waals surface area contributed by atoms with Gasteiger partial charge in [0.05, 0.1) is 11.4 Å². The topological polar surface area (TPSA) is 34.1 Å². The number of pyridine rings is 1. The lowest BCUT2D eigenvalue weighted by Crippen LogP contribution is -2.03. The highest BCUT2D eigenvalue weighted by atomic mass is 16.5. The molecule has 0 atom stereocenters. The SMILES string of the molecule is CNc1cccc(C2CC2)c1OCc1cccc(C)n1. The van der Waals surface area contributed by atoms with Gasteiger partial charge in [0, 0.05) is 12.7 Å². The first-order chi connectivity index (χ1) is 9.78. The average molecular weight is 268 g/mol. The molecule has 20 heavy (non-hydrogen) atoms. The van der Waals surface area contributed by atoms with Crippen molar-refractivity contribution in [2.75, 3.05) is 12.4 Å². The summed E-state index contributed by atoms with van der Waals surface area (Å²) >= 11 is 0. The van der Waals surface area contributed by atoms with Gasteiger partial charge in [-0.2, -0.15) is 0 Å². The summed E-state index contributed by atoms with van der Waals surface area (Å²) in [6, 6.07) is 12.4. The lowest BCUT2D eigenvalue weighted by Gasteiger charge is -2.15. The summed E-state index contributed by atoms with van der Waals surface area (Å²) in [5.74, 6) is 1.66. The highest BCUT2D eigenvalue weighted by Gasteiger charge is 2.27. The lowest BCUT2D eigenvalue weighted by atomic mass is 10.1. The van der Waals surface area contributed by atoms with E-state index in [0.29, 0.717) is 12.5 Å². The molecule has 1 heterocycles. The number of ether oxygens (including phenoxy) is 1. The Bertz CT molecular complexity index is 606. The Kier molecular flexibility index (Phi) is 3.59. The van der Waals surface area contributed by atoms with Crippen molar-refractivity contribution in [2.24, 2.45) is 0 Å². The van der Waals surface area contributed by atoms with Crippen LogP contribution < -0.4 is 10.1 Å². The molecule has 1 aromatic heterocycles. The summed E-state index contributed by atoms with van der Waals surface area (Å²) in [4.78, 5) is 4.49. The molecule has 0 spiro atoms. The molecule has 0 radical (unpaired) electrons. The Morgan fingerprint density at radius 3 is 2.70 bits per heavy atom. The summed E-state index contributed by atoms with van der Waals surface area (Å²) in [5.41, 5.74) is 4.37. The molecule has 0 amide bonds. The van der Waals surface area contributed by atoms with E-state index in [0.717, 1.165) is 22.8 Å². The number of hydrogen-bond donors (Lipinski definition) is 1. The van der Waals surface area contributed by atoms with Gasteiger partial charge in [0.2, 0.25) is 0 Å². The first-order valence-corrected chi connectivity index (χ1v) is 7.14. The predicted molar refractivity (Wildman–Crippen MR) is 81.3 cm³/mol. The van der Waals surface area contributed by atoms with Crippen molar-refractivity contribution in [1.82, 2.24) is 4.98 Å². The summed E-state index contributed by atoms with van der Waals surface area (Å²) in [5, 5.41) is 3.22. The molecule has 1 aromatic carbocycles. The standard InChI is InChI=1S/C17H20N2O/c1-12-5-3-6-14(19-12)11-20-17-15(13-9-10-13)7-4-8-16(17)18-2/h3-8,13,18H,9-11H2,1-2H3. The number of rotatable bonds is 5. The highest BCUT2D eigenvalue weighted by Crippen LogP contribution is 2.46. The van der Waals surface area contributed by atoms with E-state index in [1.807, 2.05) is 32.2 Å². The molecule has 0 saturated heterocycles. The van der Waals surface area contributed by atoms with E-state index in [1.54, 1.807) is 0 Å². The minimum absolute atomic E-state index is 0.514. The zero-order valence-electron chi connectivity index (χ0n) is 12.0. The van der Waals surface area contributed by atoms with Crippen LogP contribution in [0.4, 0.5) is 5.69 Å². The third-order valence-electron chi connectivity index (χ3n) is 3.64. The van der Waals surface area contributed by atoms with Crippen molar-refractivity contribution < 1.29 is 4.74 Å². The van der Waals surface area contributed by atoms with E-state index < -0.39 is 0 Å². The molecule has 1 aliphatic carbocycles. The summed E-state index contributed by atoms with van der Waals surface area (Å²) in [6.07, 6.45) is 2.54. The Morgan fingerprint density at radius 1 is 1.20 bits per heavy atom. The molecule has 104 valence electrons. The van der Waals surface area contributed by atoms with Crippen LogP contribution in [-0.4, -0.2) is 12.0 Å². The smallest absolute Gasteiger partial charge is 0.146 e. The second-order valence-corrected chi connectivity index (χ2v) is 5.31. The molecule has 1 aliphatic rings. The van der Waals surface area contributed by atoms with E-state index >= 15 is 0 Å². The summed E-state index contributed by atoms with van der Waals surface area (Å²) in [7, 11) is 1.93. The quantitative estimate of drug-likeness (QED) is 0.893. The van der Waals surface area contributed by atoms with Crippen molar-refractivity contribution in [2.45, 2.75) is 32.3 Å². The Morgan fingerprint density at radius 2 is 2.00 bits per heavy atom. The summed E-state index contributed by atoms with van der Waals surface area (Å²) in [6.45, 7) is 2.51. The number of nitrogens with zero attached hydrogens (tertiary/aromatic N) is 1. The number of anilines is 1. The molecule has 3 heteroatoms. The molecule has 0 aliphatic heterocycles. The molecule has 1 fully saturated rings. The fourth-order valence-electron chi connectivity index (χ4n) is 2.45. The van der Waals surface area contributed by atoms with Gasteiger partial charge in [0.1, 0.15) is 12.4 Å². The molecule has 3 nitrogen and oxygen atoms in total. The van der Waals surface area contributed by atoms with Crippen LogP contribution >= 0.6 is 0 Å². The third kappa shape index (κ3) is 2.77. The van der Waals surface area contributed by atoms with Crippen LogP contribution in [0.5, 0.6) is 5.75 Å². The van der Waals surface area contributed by atoms with E-state index in [2.05, 4.69) is 28.5 Å². The second kappa shape index (κ2) is 5.53. The van der Waals surface area contributed by atoms with Crippen molar-refractivity contribution in [1.29, 1.82) is 0 Å². The highest BCUT2D eigenvalue weighted by molar-refractivity contribution is 5.61. The fourth-order valence-corrected chi connectivity index (χ4v) is 2.45. The average Bonchev–Trinajstić information content (AvgIpc) is 3.29. The minimum Gasteiger partial charge on any atom is -0.485 e. The van der Waals surface area contributed by atoms with Gasteiger partial charge in [-0.1, -0.05) is 18.2 Å².